The van der Waals surface area contributed by atoms with Crippen LogP contribution in [0.25, 0.3) is 10.8 Å². The molecule has 0 N–H and O–H groups in total. The Kier molecular flexibility index (Phi) is 10.2. The van der Waals surface area contributed by atoms with Gasteiger partial charge in [-0.3, -0.25) is 14.6 Å². The number of carbonyl (C=O) groups excluding carboxylic acids is 3. The van der Waals surface area contributed by atoms with Crippen LogP contribution < -0.4 is 19.1 Å². The van der Waals surface area contributed by atoms with E-state index < -0.39 is 6.09 Å². The van der Waals surface area contributed by atoms with E-state index in [4.69, 9.17) is 25.8 Å². The summed E-state index contributed by atoms with van der Waals surface area (Å²) in [6.45, 7) is 4.13. The van der Waals surface area contributed by atoms with Gasteiger partial charge in [0.2, 0.25) is 5.91 Å². The number of methoxy groups -OCH3 is 1. The Hall–Kier alpha value is -5.13. The molecule has 2 saturated heterocycles. The molecule has 4 aromatic carbocycles. The van der Waals surface area contributed by atoms with Crippen LogP contribution in [0.4, 0.5) is 16.2 Å². The van der Waals surface area contributed by atoms with Crippen molar-refractivity contribution >= 4 is 57.9 Å². The first-order chi connectivity index (χ1) is 26.3. The third kappa shape index (κ3) is 6.98. The van der Waals surface area contributed by atoms with Crippen molar-refractivity contribution in [3.05, 3.63) is 89.0 Å². The number of fused-ring (bicyclic) bond motifs is 5. The van der Waals surface area contributed by atoms with Gasteiger partial charge < -0.3 is 33.8 Å². The lowest BCUT2D eigenvalue weighted by Crippen LogP contribution is -2.48. The molecule has 11 nitrogen and oxygen atoms in total. The summed E-state index contributed by atoms with van der Waals surface area (Å²) in [7, 11) is 3.60. The fraction of sp³-hybridized carbons (Fsp3) is 0.381. The smallest absolute Gasteiger partial charge is 0.415 e. The summed E-state index contributed by atoms with van der Waals surface area (Å²) in [4.78, 5) is 53.1. The number of hydrogen-bond donors (Lipinski definition) is 0. The van der Waals surface area contributed by atoms with Gasteiger partial charge in [0.1, 0.15) is 12.4 Å². The number of piperazine rings is 1. The molecule has 0 aromatic heterocycles. The second-order valence-corrected chi connectivity index (χ2v) is 14.8. The van der Waals surface area contributed by atoms with Crippen molar-refractivity contribution in [1.82, 2.24) is 14.7 Å². The lowest BCUT2D eigenvalue weighted by atomic mass is 9.95. The van der Waals surface area contributed by atoms with Crippen molar-refractivity contribution in [3.8, 4) is 17.2 Å². The molecule has 8 rings (SSSR count). The van der Waals surface area contributed by atoms with E-state index in [0.29, 0.717) is 54.0 Å². The highest BCUT2D eigenvalue weighted by molar-refractivity contribution is 6.19. The molecule has 0 bridgehead atoms. The van der Waals surface area contributed by atoms with Crippen LogP contribution in [0, 0.1) is 0 Å². The van der Waals surface area contributed by atoms with Crippen molar-refractivity contribution in [2.45, 2.75) is 44.2 Å². The SMILES string of the molecule is COc1cc2c(cc1OCc1cccc(CC(=O)N3C[C@@H](CCl)c4c3cc(OC(=O)N3CCN(C)CC3)c3ccccc43)c1)N=C[C@@H]1CCCCN1C2=O. The van der Waals surface area contributed by atoms with Crippen LogP contribution in [-0.4, -0.2) is 104 Å². The van der Waals surface area contributed by atoms with Crippen molar-refractivity contribution in [1.29, 1.82) is 0 Å². The Labute approximate surface area is 320 Å². The number of nitrogens with zero attached hydrogens (tertiary/aromatic N) is 5. The summed E-state index contributed by atoms with van der Waals surface area (Å²) in [6, 6.07) is 20.9. The minimum atomic E-state index is -0.391. The van der Waals surface area contributed by atoms with Crippen LogP contribution in [0.2, 0.25) is 0 Å². The van der Waals surface area contributed by atoms with E-state index in [1.54, 1.807) is 29.0 Å². The standard InChI is InChI=1S/C42H44ClN5O6/c1-45-14-16-46(17-15-45)42(51)54-36-22-35-40(32-12-4-3-11-31(32)36)29(23-43)25-48(35)39(49)19-27-8-7-9-28(18-27)26-53-38-21-34-33(20-37(38)52-2)41(50)47-13-6-5-10-30(47)24-44-34/h3-4,7-9,11-12,18,20-22,24,29-30H,5-6,10,13-17,19,23,25-26H2,1-2H3/t29-,30+/m1/s1. The molecule has 0 spiro atoms. The van der Waals surface area contributed by atoms with Gasteiger partial charge >= 0.3 is 6.09 Å². The Morgan fingerprint density at radius 3 is 2.48 bits per heavy atom. The van der Waals surface area contributed by atoms with Crippen LogP contribution in [-0.2, 0) is 17.8 Å². The quantitative estimate of drug-likeness (QED) is 0.183. The summed E-state index contributed by atoms with van der Waals surface area (Å²) >= 11 is 6.53. The number of anilines is 1. The molecule has 4 aliphatic rings. The Balaban J connectivity index is 1.00. The summed E-state index contributed by atoms with van der Waals surface area (Å²) < 4.78 is 18.0. The molecule has 4 aromatic rings. The van der Waals surface area contributed by atoms with Gasteiger partial charge in [-0.2, -0.15) is 0 Å². The average molecular weight is 750 g/mol. The summed E-state index contributed by atoms with van der Waals surface area (Å²) in [5.74, 6) is 1.53. The molecule has 3 amide bonds. The number of amides is 3. The number of aliphatic imine (C=N–C) groups is 1. The maximum atomic E-state index is 14.1. The normalized spacial score (nSPS) is 19.6. The van der Waals surface area contributed by atoms with Crippen LogP contribution in [0.1, 0.15) is 52.2 Å². The molecule has 54 heavy (non-hydrogen) atoms. The second kappa shape index (κ2) is 15.3. The van der Waals surface area contributed by atoms with Crippen molar-refractivity contribution < 1.29 is 28.6 Å². The van der Waals surface area contributed by atoms with Gasteiger partial charge in [-0.15, -0.1) is 11.6 Å². The number of carbonyl (C=O) groups is 3. The fourth-order valence-electron chi connectivity index (χ4n) is 8.05. The van der Waals surface area contributed by atoms with E-state index in [2.05, 4.69) is 9.89 Å². The first kappa shape index (κ1) is 35.9. The first-order valence-corrected chi connectivity index (χ1v) is 19.2. The van der Waals surface area contributed by atoms with E-state index in [1.807, 2.05) is 72.8 Å². The molecule has 0 radical (unpaired) electrons. The summed E-state index contributed by atoms with van der Waals surface area (Å²) in [5, 5.41) is 1.74. The molecule has 4 heterocycles. The van der Waals surface area contributed by atoms with E-state index in [0.717, 1.165) is 72.0 Å². The lowest BCUT2D eigenvalue weighted by Gasteiger charge is -2.32. The van der Waals surface area contributed by atoms with Gasteiger partial charge in [0.25, 0.3) is 5.91 Å². The van der Waals surface area contributed by atoms with Gasteiger partial charge in [-0.25, -0.2) is 4.79 Å². The van der Waals surface area contributed by atoms with Crippen molar-refractivity contribution in [3.63, 3.8) is 0 Å². The number of alkyl halides is 1. The fourth-order valence-corrected chi connectivity index (χ4v) is 8.30. The van der Waals surface area contributed by atoms with Gasteiger partial charge in [-0.1, -0.05) is 48.5 Å². The Bertz CT molecular complexity index is 2130. The number of halogens is 1. The molecule has 0 unspecified atom stereocenters. The zero-order valence-electron chi connectivity index (χ0n) is 30.6. The molecule has 12 heteroatoms. The van der Waals surface area contributed by atoms with Crippen LogP contribution in [0.15, 0.2) is 71.7 Å². The molecule has 2 atom stereocenters. The molecule has 280 valence electrons. The zero-order chi connectivity index (χ0) is 37.3. The molecular formula is C42H44ClN5O6. The highest BCUT2D eigenvalue weighted by Crippen LogP contribution is 2.46. The predicted molar refractivity (Wildman–Crippen MR) is 209 cm³/mol. The van der Waals surface area contributed by atoms with E-state index in [9.17, 15) is 14.4 Å². The third-order valence-corrected chi connectivity index (χ3v) is 11.4. The number of benzene rings is 4. The van der Waals surface area contributed by atoms with Crippen LogP contribution >= 0.6 is 11.6 Å². The van der Waals surface area contributed by atoms with Gasteiger partial charge in [0.15, 0.2) is 11.5 Å². The minimum Gasteiger partial charge on any atom is -0.493 e. The van der Waals surface area contributed by atoms with Crippen molar-refractivity contribution in [2.75, 3.05) is 64.2 Å². The number of ether oxygens (including phenoxy) is 3. The minimum absolute atomic E-state index is 0.000393. The van der Waals surface area contributed by atoms with Crippen LogP contribution in [0.3, 0.4) is 0 Å². The number of rotatable bonds is 8. The molecule has 0 aliphatic carbocycles. The number of hydrogen-bond acceptors (Lipinski definition) is 8. The highest BCUT2D eigenvalue weighted by Gasteiger charge is 2.36. The summed E-state index contributed by atoms with van der Waals surface area (Å²) in [6.07, 6.45) is 4.61. The highest BCUT2D eigenvalue weighted by atomic mass is 35.5. The Morgan fingerprint density at radius 2 is 1.69 bits per heavy atom. The van der Waals surface area contributed by atoms with E-state index in [1.165, 1.54) is 0 Å². The predicted octanol–water partition coefficient (Wildman–Crippen LogP) is 6.80. The largest absolute Gasteiger partial charge is 0.493 e. The molecule has 2 fully saturated rings. The van der Waals surface area contributed by atoms with Gasteiger partial charge in [0.05, 0.1) is 36.5 Å². The van der Waals surface area contributed by atoms with Gasteiger partial charge in [-0.05, 0) is 54.5 Å². The first-order valence-electron chi connectivity index (χ1n) is 18.7. The molecule has 0 saturated carbocycles. The Morgan fingerprint density at radius 1 is 0.889 bits per heavy atom. The summed E-state index contributed by atoms with van der Waals surface area (Å²) in [5.41, 5.74) is 4.49. The molecular weight excluding hydrogens is 706 g/mol. The van der Waals surface area contributed by atoms with Gasteiger partial charge in [0, 0.05) is 74.8 Å². The number of likely N-dealkylation sites (N-methyl/N-ethyl adjacent to an activating group) is 1. The third-order valence-electron chi connectivity index (χ3n) is 11.0. The number of piperidine rings is 1. The monoisotopic (exact) mass is 749 g/mol. The van der Waals surface area contributed by atoms with Crippen LogP contribution in [0.5, 0.6) is 17.2 Å². The maximum absolute atomic E-state index is 14.1. The van der Waals surface area contributed by atoms with E-state index in [-0.39, 0.29) is 36.8 Å². The van der Waals surface area contributed by atoms with Crippen molar-refractivity contribution in [2.24, 2.45) is 4.99 Å². The topological polar surface area (TPSA) is 104 Å². The average Bonchev–Trinajstić information content (AvgIpc) is 3.52. The lowest BCUT2D eigenvalue weighted by molar-refractivity contribution is -0.117. The molecule has 4 aliphatic heterocycles. The zero-order valence-corrected chi connectivity index (χ0v) is 31.4. The maximum Gasteiger partial charge on any atom is 0.415 e. The van der Waals surface area contributed by atoms with E-state index >= 15 is 0 Å². The second-order valence-electron chi connectivity index (χ2n) is 14.5.